The minimum Gasteiger partial charge on any atom is -0.464 e. The first-order chi connectivity index (χ1) is 14.1. The highest BCUT2D eigenvalue weighted by atomic mass is 16.6. The first-order valence-electron chi connectivity index (χ1n) is 9.74. The Balaban J connectivity index is 1.87. The fraction of sp³-hybridized carbons (Fsp3) is 0.348. The van der Waals surface area contributed by atoms with E-state index in [-0.39, 0.29) is 5.97 Å². The molecule has 0 aromatic heterocycles. The number of carbonyl (C=O) groups is 1. The lowest BCUT2D eigenvalue weighted by atomic mass is 10.1. The molecule has 0 fully saturated rings. The zero-order valence-electron chi connectivity index (χ0n) is 17.2. The lowest BCUT2D eigenvalue weighted by Gasteiger charge is -2.16. The predicted octanol–water partition coefficient (Wildman–Crippen LogP) is 4.16. The minimum absolute atomic E-state index is 0.328. The van der Waals surface area contributed by atoms with Crippen LogP contribution in [0.25, 0.3) is 0 Å². The van der Waals surface area contributed by atoms with Gasteiger partial charge in [0.1, 0.15) is 12.0 Å². The number of allylic oxidation sites excluding steroid dienone is 1. The van der Waals surface area contributed by atoms with Gasteiger partial charge in [-0.25, -0.2) is 4.79 Å². The molecule has 1 unspecified atom stereocenters. The van der Waals surface area contributed by atoms with Crippen LogP contribution >= 0.6 is 0 Å². The van der Waals surface area contributed by atoms with Crippen molar-refractivity contribution in [3.63, 3.8) is 0 Å². The van der Waals surface area contributed by atoms with Crippen molar-refractivity contribution in [3.05, 3.63) is 77.7 Å². The van der Waals surface area contributed by atoms with Gasteiger partial charge in [0.05, 0.1) is 18.9 Å². The van der Waals surface area contributed by atoms with E-state index >= 15 is 0 Å². The van der Waals surface area contributed by atoms with E-state index in [1.807, 2.05) is 68.4 Å². The average Bonchev–Trinajstić information content (AvgIpc) is 2.73. The van der Waals surface area contributed by atoms with Crippen molar-refractivity contribution in [3.8, 4) is 5.75 Å². The molecule has 0 saturated heterocycles. The summed E-state index contributed by atoms with van der Waals surface area (Å²) in [5.74, 6) is 0.307. The van der Waals surface area contributed by atoms with Crippen LogP contribution in [0.2, 0.25) is 0 Å². The summed E-state index contributed by atoms with van der Waals surface area (Å²) in [6.45, 7) is 6.70. The summed E-state index contributed by atoms with van der Waals surface area (Å²) >= 11 is 0. The standard InChI is InChI=1S/C23H29NO5/c1-4-26-22(23(25)27-5-2)15-20-12-9-13-21(14-20)28-16-18(3)24-29-17-19-10-7-6-8-11-19/h6-14,16,22,24H,4-5,15,17H2,1-3H3. The highest BCUT2D eigenvalue weighted by molar-refractivity contribution is 5.75. The second-order valence-electron chi connectivity index (χ2n) is 6.34. The van der Waals surface area contributed by atoms with Gasteiger partial charge in [0, 0.05) is 13.0 Å². The molecule has 0 amide bonds. The molecule has 6 nitrogen and oxygen atoms in total. The van der Waals surface area contributed by atoms with E-state index in [1.54, 1.807) is 13.2 Å². The van der Waals surface area contributed by atoms with Crippen LogP contribution in [0, 0.1) is 0 Å². The molecule has 0 aliphatic heterocycles. The molecule has 0 spiro atoms. The van der Waals surface area contributed by atoms with E-state index in [4.69, 9.17) is 19.0 Å². The number of ether oxygens (including phenoxy) is 3. The molecule has 1 N–H and O–H groups in total. The maximum absolute atomic E-state index is 12.0. The van der Waals surface area contributed by atoms with Gasteiger partial charge in [0.15, 0.2) is 6.10 Å². The van der Waals surface area contributed by atoms with E-state index < -0.39 is 6.10 Å². The van der Waals surface area contributed by atoms with E-state index in [0.717, 1.165) is 16.8 Å². The van der Waals surface area contributed by atoms with E-state index in [2.05, 4.69) is 5.48 Å². The Morgan fingerprint density at radius 1 is 1.03 bits per heavy atom. The molecule has 2 aromatic rings. The quantitative estimate of drug-likeness (QED) is 0.328. The molecule has 0 aliphatic carbocycles. The zero-order chi connectivity index (χ0) is 20.9. The smallest absolute Gasteiger partial charge is 0.335 e. The van der Waals surface area contributed by atoms with E-state index in [9.17, 15) is 4.79 Å². The van der Waals surface area contributed by atoms with Gasteiger partial charge in [-0.2, -0.15) is 0 Å². The SMILES string of the molecule is CCOC(=O)C(Cc1cccc(OC=C(C)NOCc2ccccc2)c1)OCC. The van der Waals surface area contributed by atoms with Crippen LogP contribution in [0.3, 0.4) is 0 Å². The maximum atomic E-state index is 12.0. The molecule has 0 heterocycles. The summed E-state index contributed by atoms with van der Waals surface area (Å²) in [5, 5.41) is 0. The summed E-state index contributed by atoms with van der Waals surface area (Å²) in [5.41, 5.74) is 5.58. The van der Waals surface area contributed by atoms with Crippen LogP contribution in [0.15, 0.2) is 66.6 Å². The largest absolute Gasteiger partial charge is 0.464 e. The summed E-state index contributed by atoms with van der Waals surface area (Å²) in [4.78, 5) is 17.5. The predicted molar refractivity (Wildman–Crippen MR) is 111 cm³/mol. The van der Waals surface area contributed by atoms with Gasteiger partial charge in [0.25, 0.3) is 0 Å². The Kier molecular flexibility index (Phi) is 9.75. The van der Waals surface area contributed by atoms with Crippen molar-refractivity contribution < 1.29 is 23.8 Å². The molecule has 2 aromatic carbocycles. The topological polar surface area (TPSA) is 66.0 Å². The summed E-state index contributed by atoms with van der Waals surface area (Å²) in [6.07, 6.45) is 1.38. The molecule has 1 atom stereocenters. The molecule has 0 saturated carbocycles. The highest BCUT2D eigenvalue weighted by Crippen LogP contribution is 2.17. The molecule has 6 heteroatoms. The Labute approximate surface area is 172 Å². The van der Waals surface area contributed by atoms with Gasteiger partial charge in [0.2, 0.25) is 0 Å². The fourth-order valence-electron chi connectivity index (χ4n) is 2.59. The van der Waals surface area contributed by atoms with Gasteiger partial charge in [-0.15, -0.1) is 0 Å². The van der Waals surface area contributed by atoms with Crippen LogP contribution in [-0.4, -0.2) is 25.3 Å². The zero-order valence-corrected chi connectivity index (χ0v) is 17.2. The summed E-state index contributed by atoms with van der Waals surface area (Å²) < 4.78 is 16.3. The third-order valence-corrected chi connectivity index (χ3v) is 3.92. The number of hydrogen-bond donors (Lipinski definition) is 1. The van der Waals surface area contributed by atoms with E-state index in [1.165, 1.54) is 0 Å². The Morgan fingerprint density at radius 3 is 2.52 bits per heavy atom. The Morgan fingerprint density at radius 2 is 1.79 bits per heavy atom. The second-order valence-corrected chi connectivity index (χ2v) is 6.34. The Hall–Kier alpha value is -2.83. The third-order valence-electron chi connectivity index (χ3n) is 3.92. The van der Waals surface area contributed by atoms with Crippen LogP contribution in [0.5, 0.6) is 5.75 Å². The molecule has 29 heavy (non-hydrogen) atoms. The summed E-state index contributed by atoms with van der Waals surface area (Å²) in [6, 6.07) is 17.4. The molecule has 0 radical (unpaired) electrons. The highest BCUT2D eigenvalue weighted by Gasteiger charge is 2.20. The van der Waals surface area contributed by atoms with Gasteiger partial charge in [-0.05, 0) is 44.0 Å². The van der Waals surface area contributed by atoms with Crippen LogP contribution in [0.4, 0.5) is 0 Å². The van der Waals surface area contributed by atoms with Crippen molar-refractivity contribution in [2.75, 3.05) is 13.2 Å². The van der Waals surface area contributed by atoms with Crippen LogP contribution < -0.4 is 10.2 Å². The molecular formula is C23H29NO5. The molecule has 0 aliphatic rings. The molecule has 156 valence electrons. The summed E-state index contributed by atoms with van der Waals surface area (Å²) in [7, 11) is 0. The van der Waals surface area contributed by atoms with Gasteiger partial charge < -0.3 is 14.2 Å². The maximum Gasteiger partial charge on any atom is 0.335 e. The average molecular weight is 399 g/mol. The van der Waals surface area contributed by atoms with Gasteiger partial charge in [-0.3, -0.25) is 10.3 Å². The van der Waals surface area contributed by atoms with Crippen molar-refractivity contribution in [1.29, 1.82) is 0 Å². The van der Waals surface area contributed by atoms with Crippen molar-refractivity contribution in [1.82, 2.24) is 5.48 Å². The van der Waals surface area contributed by atoms with Crippen LogP contribution in [0.1, 0.15) is 31.9 Å². The minimum atomic E-state index is -0.625. The number of carbonyl (C=O) groups excluding carboxylic acids is 1. The fourth-order valence-corrected chi connectivity index (χ4v) is 2.59. The Bertz CT molecular complexity index is 776. The number of benzene rings is 2. The third kappa shape index (κ3) is 8.37. The van der Waals surface area contributed by atoms with Gasteiger partial charge >= 0.3 is 5.97 Å². The number of nitrogens with one attached hydrogen (secondary N) is 1. The van der Waals surface area contributed by atoms with Crippen molar-refractivity contribution >= 4 is 5.97 Å². The van der Waals surface area contributed by atoms with Crippen molar-refractivity contribution in [2.24, 2.45) is 0 Å². The number of esters is 1. The van der Waals surface area contributed by atoms with Crippen LogP contribution in [-0.2, 0) is 32.1 Å². The first kappa shape index (κ1) is 22.5. The number of hydroxylamine groups is 1. The lowest BCUT2D eigenvalue weighted by molar-refractivity contribution is -0.156. The normalized spacial score (nSPS) is 12.3. The first-order valence-corrected chi connectivity index (χ1v) is 9.74. The number of rotatable bonds is 12. The molecular weight excluding hydrogens is 370 g/mol. The molecule has 0 bridgehead atoms. The number of hydrogen-bond acceptors (Lipinski definition) is 6. The second kappa shape index (κ2) is 12.6. The van der Waals surface area contributed by atoms with E-state index in [0.29, 0.717) is 32.0 Å². The monoisotopic (exact) mass is 399 g/mol. The lowest BCUT2D eigenvalue weighted by Crippen LogP contribution is -2.29. The van der Waals surface area contributed by atoms with Gasteiger partial charge in [-0.1, -0.05) is 42.5 Å². The van der Waals surface area contributed by atoms with Crippen molar-refractivity contribution in [2.45, 2.75) is 39.9 Å². The molecule has 2 rings (SSSR count).